The molecule has 3 nitrogen and oxygen atoms in total. The van der Waals surface area contributed by atoms with Crippen LogP contribution in [0.4, 0.5) is 8.78 Å². The van der Waals surface area contributed by atoms with Crippen molar-refractivity contribution in [2.75, 3.05) is 7.11 Å². The summed E-state index contributed by atoms with van der Waals surface area (Å²) in [4.78, 5) is 4.09. The van der Waals surface area contributed by atoms with Crippen molar-refractivity contribution in [1.82, 2.24) is 4.98 Å². The lowest BCUT2D eigenvalue weighted by Gasteiger charge is -2.20. The van der Waals surface area contributed by atoms with Crippen LogP contribution >= 0.6 is 11.3 Å². The number of ether oxygens (including phenoxy) is 1. The minimum atomic E-state index is -2.61. The first-order chi connectivity index (χ1) is 5.98. The summed E-state index contributed by atoms with van der Waals surface area (Å²) in [7, 11) is 1.43. The van der Waals surface area contributed by atoms with Gasteiger partial charge < -0.3 is 10.5 Å². The summed E-state index contributed by atoms with van der Waals surface area (Å²) in [5, 5.41) is 0.340. The number of rotatable bonds is 3. The van der Waals surface area contributed by atoms with Crippen LogP contribution in [-0.2, 0) is 5.54 Å². The van der Waals surface area contributed by atoms with Crippen molar-refractivity contribution in [1.29, 1.82) is 0 Å². The smallest absolute Gasteiger partial charge is 0.273 e. The van der Waals surface area contributed by atoms with Crippen molar-refractivity contribution in [3.8, 4) is 5.19 Å². The normalized spacial score (nSPS) is 15.8. The van der Waals surface area contributed by atoms with E-state index in [-0.39, 0.29) is 0 Å². The highest BCUT2D eigenvalue weighted by Crippen LogP contribution is 2.32. The molecule has 0 fully saturated rings. The van der Waals surface area contributed by atoms with E-state index in [4.69, 9.17) is 10.5 Å². The van der Waals surface area contributed by atoms with Gasteiger partial charge in [0.05, 0.1) is 12.0 Å². The van der Waals surface area contributed by atoms with Gasteiger partial charge in [0.15, 0.2) is 0 Å². The first kappa shape index (κ1) is 10.3. The average molecular weight is 208 g/mol. The van der Waals surface area contributed by atoms with Crippen LogP contribution < -0.4 is 10.5 Å². The summed E-state index contributed by atoms with van der Waals surface area (Å²) in [6.07, 6.45) is -1.30. The highest BCUT2D eigenvalue weighted by molar-refractivity contribution is 7.13. The van der Waals surface area contributed by atoms with Gasteiger partial charge >= 0.3 is 0 Å². The molecule has 0 aromatic carbocycles. The zero-order chi connectivity index (χ0) is 10.1. The molecule has 0 aliphatic rings. The zero-order valence-corrected chi connectivity index (χ0v) is 8.07. The molecular formula is C7H10F2N2OS. The predicted octanol–water partition coefficient (Wildman–Crippen LogP) is 1.59. The molecule has 0 spiro atoms. The molecule has 1 heterocycles. The van der Waals surface area contributed by atoms with Crippen LogP contribution in [0.5, 0.6) is 5.19 Å². The van der Waals surface area contributed by atoms with E-state index in [1.54, 1.807) is 0 Å². The minimum absolute atomic E-state index is 0.319. The van der Waals surface area contributed by atoms with E-state index in [0.29, 0.717) is 10.1 Å². The van der Waals surface area contributed by atoms with Gasteiger partial charge in [-0.05, 0) is 6.92 Å². The summed E-state index contributed by atoms with van der Waals surface area (Å²) in [6, 6.07) is 0. The molecule has 0 saturated carbocycles. The Balaban J connectivity index is 2.93. The molecule has 0 bridgehead atoms. The Kier molecular flexibility index (Phi) is 2.82. The van der Waals surface area contributed by atoms with Crippen molar-refractivity contribution in [2.45, 2.75) is 18.9 Å². The molecule has 1 atom stereocenters. The first-order valence-corrected chi connectivity index (χ1v) is 4.37. The van der Waals surface area contributed by atoms with E-state index >= 15 is 0 Å². The van der Waals surface area contributed by atoms with E-state index in [9.17, 15) is 8.78 Å². The summed E-state index contributed by atoms with van der Waals surface area (Å²) in [5.74, 6) is 0. The molecule has 13 heavy (non-hydrogen) atoms. The van der Waals surface area contributed by atoms with Crippen molar-refractivity contribution in [2.24, 2.45) is 5.73 Å². The molecule has 1 aromatic rings. The van der Waals surface area contributed by atoms with E-state index in [2.05, 4.69) is 4.98 Å². The second-order valence-electron chi connectivity index (χ2n) is 2.78. The maximum atomic E-state index is 12.4. The fraction of sp³-hybridized carbons (Fsp3) is 0.571. The van der Waals surface area contributed by atoms with E-state index in [1.165, 1.54) is 20.2 Å². The Morgan fingerprint density at radius 3 is 2.69 bits per heavy atom. The Morgan fingerprint density at radius 2 is 2.31 bits per heavy atom. The zero-order valence-electron chi connectivity index (χ0n) is 7.25. The third-order valence-electron chi connectivity index (χ3n) is 1.64. The van der Waals surface area contributed by atoms with Crippen molar-refractivity contribution >= 4 is 11.3 Å². The predicted molar refractivity (Wildman–Crippen MR) is 46.2 cm³/mol. The fourth-order valence-electron chi connectivity index (χ4n) is 0.709. The van der Waals surface area contributed by atoms with E-state index in [0.717, 1.165) is 11.3 Å². The molecule has 0 radical (unpaired) electrons. The van der Waals surface area contributed by atoms with Gasteiger partial charge in [0.1, 0.15) is 5.54 Å². The third kappa shape index (κ3) is 1.94. The molecule has 6 heteroatoms. The van der Waals surface area contributed by atoms with Gasteiger partial charge in [-0.2, -0.15) is 0 Å². The van der Waals surface area contributed by atoms with Crippen LogP contribution in [0.2, 0.25) is 0 Å². The van der Waals surface area contributed by atoms with Crippen LogP contribution in [-0.4, -0.2) is 18.5 Å². The molecule has 0 amide bonds. The molecule has 1 rings (SSSR count). The third-order valence-corrected chi connectivity index (χ3v) is 2.86. The highest BCUT2D eigenvalue weighted by atomic mass is 32.1. The van der Waals surface area contributed by atoms with Crippen LogP contribution in [0.25, 0.3) is 0 Å². The van der Waals surface area contributed by atoms with Crippen LogP contribution in [0.3, 0.4) is 0 Å². The maximum absolute atomic E-state index is 12.4. The Labute approximate surface area is 78.5 Å². The molecular weight excluding hydrogens is 198 g/mol. The summed E-state index contributed by atoms with van der Waals surface area (Å²) in [5.41, 5.74) is 3.77. The van der Waals surface area contributed by atoms with Gasteiger partial charge in [0.2, 0.25) is 0 Å². The highest BCUT2D eigenvalue weighted by Gasteiger charge is 2.34. The van der Waals surface area contributed by atoms with Crippen LogP contribution in [0.1, 0.15) is 11.8 Å². The SMILES string of the molecule is COc1ncc(C(C)(N)C(F)F)s1. The number of alkyl halides is 2. The van der Waals surface area contributed by atoms with Gasteiger partial charge in [-0.3, -0.25) is 0 Å². The van der Waals surface area contributed by atoms with Crippen molar-refractivity contribution < 1.29 is 13.5 Å². The fourth-order valence-corrected chi connectivity index (χ4v) is 1.50. The van der Waals surface area contributed by atoms with Crippen LogP contribution in [0, 0.1) is 0 Å². The van der Waals surface area contributed by atoms with Gasteiger partial charge in [0.25, 0.3) is 11.6 Å². The second-order valence-corrected chi connectivity index (χ2v) is 3.77. The number of methoxy groups -OCH3 is 1. The lowest BCUT2D eigenvalue weighted by Crippen LogP contribution is -2.39. The summed E-state index contributed by atoms with van der Waals surface area (Å²) < 4.78 is 29.6. The number of aromatic nitrogens is 1. The molecule has 0 aliphatic carbocycles. The topological polar surface area (TPSA) is 48.1 Å². The summed E-state index contributed by atoms with van der Waals surface area (Å²) >= 11 is 1.03. The average Bonchev–Trinajstić information content (AvgIpc) is 2.51. The Hall–Kier alpha value is -0.750. The van der Waals surface area contributed by atoms with Crippen LogP contribution in [0.15, 0.2) is 6.20 Å². The lowest BCUT2D eigenvalue weighted by atomic mass is 10.0. The minimum Gasteiger partial charge on any atom is -0.473 e. The van der Waals surface area contributed by atoms with Gasteiger partial charge in [-0.1, -0.05) is 11.3 Å². The molecule has 74 valence electrons. The number of nitrogens with zero attached hydrogens (tertiary/aromatic N) is 1. The Morgan fingerprint density at radius 1 is 1.69 bits per heavy atom. The summed E-state index contributed by atoms with van der Waals surface area (Å²) in [6.45, 7) is 1.27. The van der Waals surface area contributed by atoms with Gasteiger partial charge in [-0.15, -0.1) is 0 Å². The largest absolute Gasteiger partial charge is 0.473 e. The Bertz CT molecular complexity index is 288. The standard InChI is InChI=1S/C7H10F2N2OS/c1-7(10,5(8)9)4-3-11-6(12-2)13-4/h3,5H,10H2,1-2H3. The lowest BCUT2D eigenvalue weighted by molar-refractivity contribution is 0.0643. The number of halogens is 2. The molecule has 1 unspecified atom stereocenters. The monoisotopic (exact) mass is 208 g/mol. The van der Waals surface area contributed by atoms with Crippen molar-refractivity contribution in [3.05, 3.63) is 11.1 Å². The van der Waals surface area contributed by atoms with Gasteiger partial charge in [0, 0.05) is 6.20 Å². The first-order valence-electron chi connectivity index (χ1n) is 3.55. The van der Waals surface area contributed by atoms with E-state index < -0.39 is 12.0 Å². The molecule has 2 N–H and O–H groups in total. The number of hydrogen-bond acceptors (Lipinski definition) is 4. The molecule has 0 aliphatic heterocycles. The van der Waals surface area contributed by atoms with Crippen molar-refractivity contribution in [3.63, 3.8) is 0 Å². The quantitative estimate of drug-likeness (QED) is 0.820. The number of nitrogens with two attached hydrogens (primary N) is 1. The number of thiazole rings is 1. The second kappa shape index (κ2) is 3.55. The molecule has 1 aromatic heterocycles. The molecule has 0 saturated heterocycles. The van der Waals surface area contributed by atoms with E-state index in [1.807, 2.05) is 0 Å². The van der Waals surface area contributed by atoms with Gasteiger partial charge in [-0.25, -0.2) is 13.8 Å². The maximum Gasteiger partial charge on any atom is 0.273 e. The number of hydrogen-bond donors (Lipinski definition) is 1.